The maximum absolute atomic E-state index is 6.28. The molecule has 2 N–H and O–H groups in total. The smallest absolute Gasteiger partial charge is 0.135 e. The monoisotopic (exact) mass is 283 g/mol. The summed E-state index contributed by atoms with van der Waals surface area (Å²) < 4.78 is 1.76. The lowest BCUT2D eigenvalue weighted by atomic mass is 10.1. The molecule has 0 aliphatic rings. The van der Waals surface area contributed by atoms with Crippen molar-refractivity contribution in [3.8, 4) is 16.8 Å². The summed E-state index contributed by atoms with van der Waals surface area (Å²) >= 11 is 6.06. The van der Waals surface area contributed by atoms with Gasteiger partial charge in [0.1, 0.15) is 5.82 Å². The zero-order chi connectivity index (χ0) is 14.1. The van der Waals surface area contributed by atoms with Gasteiger partial charge in [-0.1, -0.05) is 41.9 Å². The lowest BCUT2D eigenvalue weighted by Crippen LogP contribution is -2.01. The van der Waals surface area contributed by atoms with Crippen molar-refractivity contribution in [2.45, 2.75) is 6.92 Å². The number of nitrogens with two attached hydrogens (primary N) is 1. The second-order valence-corrected chi connectivity index (χ2v) is 5.04. The lowest BCUT2D eigenvalue weighted by Gasteiger charge is -2.05. The third kappa shape index (κ3) is 2.17. The molecule has 0 spiro atoms. The topological polar surface area (TPSA) is 43.8 Å². The molecule has 20 heavy (non-hydrogen) atoms. The van der Waals surface area contributed by atoms with E-state index in [1.165, 1.54) is 0 Å². The maximum atomic E-state index is 6.28. The van der Waals surface area contributed by atoms with Gasteiger partial charge in [0.2, 0.25) is 0 Å². The Hall–Kier alpha value is -2.26. The van der Waals surface area contributed by atoms with Gasteiger partial charge in [-0.25, -0.2) is 4.68 Å². The van der Waals surface area contributed by atoms with Crippen LogP contribution in [0.3, 0.4) is 0 Å². The van der Waals surface area contributed by atoms with E-state index < -0.39 is 0 Å². The van der Waals surface area contributed by atoms with E-state index in [1.807, 2.05) is 61.5 Å². The molecule has 0 unspecified atom stereocenters. The minimum Gasteiger partial charge on any atom is -0.383 e. The van der Waals surface area contributed by atoms with E-state index in [1.54, 1.807) is 4.68 Å². The van der Waals surface area contributed by atoms with Gasteiger partial charge in [-0.05, 0) is 36.8 Å². The van der Waals surface area contributed by atoms with Crippen molar-refractivity contribution in [1.82, 2.24) is 9.78 Å². The van der Waals surface area contributed by atoms with Gasteiger partial charge in [-0.2, -0.15) is 5.10 Å². The first kappa shape index (κ1) is 12.8. The van der Waals surface area contributed by atoms with Gasteiger partial charge in [0.05, 0.1) is 11.4 Å². The Balaban J connectivity index is 2.17. The van der Waals surface area contributed by atoms with Crippen LogP contribution in [-0.2, 0) is 0 Å². The molecule has 3 nitrogen and oxygen atoms in total. The van der Waals surface area contributed by atoms with Crippen LogP contribution in [0.1, 0.15) is 5.69 Å². The van der Waals surface area contributed by atoms with Crippen molar-refractivity contribution in [3.05, 3.63) is 65.3 Å². The Morgan fingerprint density at radius 1 is 1.05 bits per heavy atom. The number of nitrogen functional groups attached to an aromatic ring is 1. The molecule has 0 saturated carbocycles. The third-order valence-electron chi connectivity index (χ3n) is 3.21. The summed E-state index contributed by atoms with van der Waals surface area (Å²) in [5.74, 6) is 0.621. The zero-order valence-electron chi connectivity index (χ0n) is 11.0. The quantitative estimate of drug-likeness (QED) is 0.770. The number of anilines is 1. The predicted octanol–water partition coefficient (Wildman–Crippen LogP) is 4.08. The van der Waals surface area contributed by atoms with Crippen molar-refractivity contribution in [2.75, 3.05) is 5.73 Å². The Bertz CT molecular complexity index is 748. The van der Waals surface area contributed by atoms with Gasteiger partial charge >= 0.3 is 0 Å². The predicted molar refractivity (Wildman–Crippen MR) is 83.2 cm³/mol. The molecule has 1 heterocycles. The van der Waals surface area contributed by atoms with Crippen molar-refractivity contribution < 1.29 is 0 Å². The van der Waals surface area contributed by atoms with Gasteiger partial charge in [0, 0.05) is 10.6 Å². The van der Waals surface area contributed by atoms with Crippen LogP contribution in [-0.4, -0.2) is 9.78 Å². The highest BCUT2D eigenvalue weighted by Crippen LogP contribution is 2.32. The fraction of sp³-hybridized carbons (Fsp3) is 0.0625. The molecule has 0 bridgehead atoms. The second-order valence-electron chi connectivity index (χ2n) is 4.60. The highest BCUT2D eigenvalue weighted by atomic mass is 35.5. The minimum absolute atomic E-state index is 0.621. The van der Waals surface area contributed by atoms with Crippen LogP contribution < -0.4 is 5.73 Å². The van der Waals surface area contributed by atoms with Gasteiger partial charge in [0.25, 0.3) is 0 Å². The van der Waals surface area contributed by atoms with Gasteiger partial charge < -0.3 is 5.73 Å². The van der Waals surface area contributed by atoms with E-state index in [2.05, 4.69) is 5.10 Å². The van der Waals surface area contributed by atoms with Crippen LogP contribution in [0.15, 0.2) is 54.6 Å². The fourth-order valence-corrected chi connectivity index (χ4v) is 2.50. The molecule has 3 aromatic rings. The zero-order valence-corrected chi connectivity index (χ0v) is 11.8. The number of hydrogen-bond donors (Lipinski definition) is 1. The summed E-state index contributed by atoms with van der Waals surface area (Å²) in [4.78, 5) is 0. The molecule has 0 radical (unpaired) electrons. The van der Waals surface area contributed by atoms with Crippen LogP contribution in [0.2, 0.25) is 5.02 Å². The largest absolute Gasteiger partial charge is 0.383 e. The molecular formula is C16H14ClN3. The van der Waals surface area contributed by atoms with Crippen molar-refractivity contribution in [2.24, 2.45) is 0 Å². The first-order chi connectivity index (χ1) is 9.66. The summed E-state index contributed by atoms with van der Waals surface area (Å²) in [6.45, 7) is 1.95. The number of halogens is 1. The Morgan fingerprint density at radius 3 is 2.50 bits per heavy atom. The molecule has 3 rings (SSSR count). The summed E-state index contributed by atoms with van der Waals surface area (Å²) in [6.07, 6.45) is 0. The highest BCUT2D eigenvalue weighted by Gasteiger charge is 2.15. The summed E-state index contributed by atoms with van der Waals surface area (Å²) in [5.41, 5.74) is 10.0. The third-order valence-corrected chi connectivity index (χ3v) is 3.45. The lowest BCUT2D eigenvalue weighted by molar-refractivity contribution is 0.872. The van der Waals surface area contributed by atoms with Crippen LogP contribution in [0.4, 0.5) is 5.82 Å². The van der Waals surface area contributed by atoms with Crippen LogP contribution in [0.25, 0.3) is 16.8 Å². The Morgan fingerprint density at radius 2 is 1.80 bits per heavy atom. The van der Waals surface area contributed by atoms with E-state index in [4.69, 9.17) is 17.3 Å². The first-order valence-corrected chi connectivity index (χ1v) is 6.71. The number of para-hydroxylation sites is 1. The number of nitrogens with zero attached hydrogens (tertiary/aromatic N) is 2. The molecule has 0 aliphatic carbocycles. The van der Waals surface area contributed by atoms with Crippen LogP contribution in [0, 0.1) is 6.92 Å². The molecule has 1 aromatic heterocycles. The molecule has 2 aromatic carbocycles. The van der Waals surface area contributed by atoms with Crippen molar-refractivity contribution in [3.63, 3.8) is 0 Å². The molecular weight excluding hydrogens is 270 g/mol. The van der Waals surface area contributed by atoms with E-state index in [0.717, 1.165) is 22.5 Å². The molecule has 0 aliphatic heterocycles. The maximum Gasteiger partial charge on any atom is 0.135 e. The van der Waals surface area contributed by atoms with E-state index >= 15 is 0 Å². The summed E-state index contributed by atoms with van der Waals surface area (Å²) in [6, 6.07) is 17.5. The number of rotatable bonds is 2. The van der Waals surface area contributed by atoms with Gasteiger partial charge in [-0.3, -0.25) is 0 Å². The van der Waals surface area contributed by atoms with Gasteiger partial charge in [0.15, 0.2) is 0 Å². The Labute approximate surface area is 122 Å². The molecule has 4 heteroatoms. The number of aryl methyl sites for hydroxylation is 1. The van der Waals surface area contributed by atoms with E-state index in [-0.39, 0.29) is 0 Å². The summed E-state index contributed by atoms with van der Waals surface area (Å²) in [7, 11) is 0. The standard InChI is InChI=1S/C16H14ClN3/c1-11-15(12-6-5-7-13(17)10-12)16(18)20(19-11)14-8-3-2-4-9-14/h2-10H,18H2,1H3. The molecule has 0 fully saturated rings. The normalized spacial score (nSPS) is 10.7. The van der Waals surface area contributed by atoms with Crippen LogP contribution in [0.5, 0.6) is 0 Å². The van der Waals surface area contributed by atoms with Crippen molar-refractivity contribution in [1.29, 1.82) is 0 Å². The molecule has 100 valence electrons. The average molecular weight is 284 g/mol. The number of aromatic nitrogens is 2. The second kappa shape index (κ2) is 5.02. The van der Waals surface area contributed by atoms with Gasteiger partial charge in [-0.15, -0.1) is 0 Å². The number of hydrogen-bond acceptors (Lipinski definition) is 2. The molecule has 0 atom stereocenters. The van der Waals surface area contributed by atoms with Crippen molar-refractivity contribution >= 4 is 17.4 Å². The summed E-state index contributed by atoms with van der Waals surface area (Å²) in [5, 5.41) is 5.22. The SMILES string of the molecule is Cc1nn(-c2ccccc2)c(N)c1-c1cccc(Cl)c1. The van der Waals surface area contributed by atoms with Crippen LogP contribution >= 0.6 is 11.6 Å². The first-order valence-electron chi connectivity index (χ1n) is 6.33. The fourth-order valence-electron chi connectivity index (χ4n) is 2.31. The van der Waals surface area contributed by atoms with E-state index in [9.17, 15) is 0 Å². The van der Waals surface area contributed by atoms with E-state index in [0.29, 0.717) is 10.8 Å². The minimum atomic E-state index is 0.621. The average Bonchev–Trinajstić information content (AvgIpc) is 2.75. The number of benzene rings is 2. The molecule has 0 saturated heterocycles. The molecule has 0 amide bonds. The highest BCUT2D eigenvalue weighted by molar-refractivity contribution is 6.30. The Kier molecular flexibility index (Phi) is 3.20.